The Morgan fingerprint density at radius 3 is 2.57 bits per heavy atom. The maximum Gasteiger partial charge on any atom is 0.307 e. The summed E-state index contributed by atoms with van der Waals surface area (Å²) in [5.74, 6) is -0.879. The average molecular weight is 327 g/mol. The Morgan fingerprint density at radius 2 is 1.91 bits per heavy atom. The molecule has 0 unspecified atom stereocenters. The molecule has 0 atom stereocenters. The van der Waals surface area contributed by atoms with Crippen LogP contribution in [0.3, 0.4) is 0 Å². The normalized spacial score (nSPS) is 10.7. The third-order valence-corrected chi connectivity index (χ3v) is 3.85. The molecule has 1 N–H and O–H groups in total. The molecular weight excluding hydrogens is 312 g/mol. The molecule has 1 aromatic heterocycles. The van der Waals surface area contributed by atoms with Crippen molar-refractivity contribution in [1.82, 2.24) is 9.78 Å². The Morgan fingerprint density at radius 1 is 1.17 bits per heavy atom. The van der Waals surface area contributed by atoms with Crippen molar-refractivity contribution in [1.29, 1.82) is 0 Å². The van der Waals surface area contributed by atoms with Crippen molar-refractivity contribution < 1.29 is 9.90 Å². The van der Waals surface area contributed by atoms with Gasteiger partial charge in [0, 0.05) is 16.1 Å². The summed E-state index contributed by atoms with van der Waals surface area (Å²) in [6.45, 7) is 1.83. The summed E-state index contributed by atoms with van der Waals surface area (Å²) in [7, 11) is 0. The van der Waals surface area contributed by atoms with Crippen molar-refractivity contribution in [2.45, 2.75) is 13.3 Å². The van der Waals surface area contributed by atoms with Crippen LogP contribution in [0.1, 0.15) is 11.3 Å². The van der Waals surface area contributed by atoms with E-state index in [-0.39, 0.29) is 6.42 Å². The van der Waals surface area contributed by atoms with Crippen LogP contribution in [0.5, 0.6) is 0 Å². The van der Waals surface area contributed by atoms with Gasteiger partial charge in [-0.25, -0.2) is 4.68 Å². The molecule has 0 aliphatic rings. The number of aromatic nitrogens is 2. The largest absolute Gasteiger partial charge is 0.481 e. The molecule has 0 fully saturated rings. The minimum absolute atomic E-state index is 0.0728. The monoisotopic (exact) mass is 326 g/mol. The molecule has 0 aliphatic heterocycles. The minimum atomic E-state index is -0.879. The molecule has 5 heteroatoms. The van der Waals surface area contributed by atoms with Crippen LogP contribution in [-0.2, 0) is 11.2 Å². The zero-order valence-electron chi connectivity index (χ0n) is 12.5. The zero-order chi connectivity index (χ0) is 16.4. The Labute approximate surface area is 139 Å². The van der Waals surface area contributed by atoms with E-state index in [1.54, 1.807) is 10.7 Å². The first-order valence-electron chi connectivity index (χ1n) is 7.18. The SMILES string of the molecule is Cc1nn(-c2cccc(Cl)c2)c(-c2ccccc2)c1CC(=O)O. The van der Waals surface area contributed by atoms with Gasteiger partial charge in [-0.1, -0.05) is 48.0 Å². The molecule has 3 aromatic rings. The Kier molecular flexibility index (Phi) is 4.17. The van der Waals surface area contributed by atoms with Gasteiger partial charge in [-0.3, -0.25) is 4.79 Å². The van der Waals surface area contributed by atoms with Gasteiger partial charge < -0.3 is 5.11 Å². The van der Waals surface area contributed by atoms with E-state index in [0.717, 1.165) is 16.9 Å². The number of halogens is 1. The highest BCUT2D eigenvalue weighted by molar-refractivity contribution is 6.30. The number of carbonyl (C=O) groups is 1. The standard InChI is InChI=1S/C18H15ClN2O2/c1-12-16(11-17(22)23)18(13-6-3-2-4-7-13)21(20-12)15-9-5-8-14(19)10-15/h2-10H,11H2,1H3,(H,22,23). The number of aryl methyl sites for hydroxylation is 1. The summed E-state index contributed by atoms with van der Waals surface area (Å²) >= 11 is 6.09. The van der Waals surface area contributed by atoms with Crippen LogP contribution in [0.4, 0.5) is 0 Å². The molecule has 2 aromatic carbocycles. The Bertz CT molecular complexity index is 857. The van der Waals surface area contributed by atoms with E-state index in [9.17, 15) is 9.90 Å². The van der Waals surface area contributed by atoms with Crippen LogP contribution in [0, 0.1) is 6.92 Å². The number of carboxylic acids is 1. The first kappa shape index (κ1) is 15.3. The molecule has 116 valence electrons. The average Bonchev–Trinajstić information content (AvgIpc) is 2.84. The fraction of sp³-hybridized carbons (Fsp3) is 0.111. The predicted octanol–water partition coefficient (Wildman–Crippen LogP) is 4.13. The van der Waals surface area contributed by atoms with E-state index in [0.29, 0.717) is 16.3 Å². The molecule has 0 saturated carbocycles. The van der Waals surface area contributed by atoms with Crippen LogP contribution in [0.15, 0.2) is 54.6 Å². The highest BCUT2D eigenvalue weighted by Gasteiger charge is 2.20. The second-order valence-corrected chi connectivity index (χ2v) is 5.68. The van der Waals surface area contributed by atoms with E-state index in [2.05, 4.69) is 5.10 Å². The van der Waals surface area contributed by atoms with Crippen molar-refractivity contribution in [2.75, 3.05) is 0 Å². The number of hydrogen-bond acceptors (Lipinski definition) is 2. The van der Waals surface area contributed by atoms with E-state index in [1.165, 1.54) is 0 Å². The molecule has 23 heavy (non-hydrogen) atoms. The minimum Gasteiger partial charge on any atom is -0.481 e. The summed E-state index contributed by atoms with van der Waals surface area (Å²) in [5.41, 5.74) is 3.92. The molecule has 0 radical (unpaired) electrons. The van der Waals surface area contributed by atoms with E-state index < -0.39 is 5.97 Å². The zero-order valence-corrected chi connectivity index (χ0v) is 13.3. The van der Waals surface area contributed by atoms with Gasteiger partial charge >= 0.3 is 5.97 Å². The van der Waals surface area contributed by atoms with Crippen molar-refractivity contribution in [2.24, 2.45) is 0 Å². The summed E-state index contributed by atoms with van der Waals surface area (Å²) in [6, 6.07) is 17.0. The van der Waals surface area contributed by atoms with Gasteiger partial charge in [-0.05, 0) is 25.1 Å². The fourth-order valence-corrected chi connectivity index (χ4v) is 2.79. The summed E-state index contributed by atoms with van der Waals surface area (Å²) in [6.07, 6.45) is -0.0728. The molecule has 0 saturated heterocycles. The maximum atomic E-state index is 11.2. The molecule has 4 nitrogen and oxygen atoms in total. The molecule has 0 spiro atoms. The van der Waals surface area contributed by atoms with Crippen LogP contribution < -0.4 is 0 Å². The number of hydrogen-bond donors (Lipinski definition) is 1. The fourth-order valence-electron chi connectivity index (χ4n) is 2.61. The Hall–Kier alpha value is -2.59. The van der Waals surface area contributed by atoms with Crippen LogP contribution in [0.25, 0.3) is 16.9 Å². The maximum absolute atomic E-state index is 11.2. The van der Waals surface area contributed by atoms with Crippen molar-refractivity contribution in [3.63, 3.8) is 0 Å². The molecule has 0 amide bonds. The second kappa shape index (κ2) is 6.26. The lowest BCUT2D eigenvalue weighted by atomic mass is 10.0. The van der Waals surface area contributed by atoms with Crippen LogP contribution >= 0.6 is 11.6 Å². The van der Waals surface area contributed by atoms with Crippen molar-refractivity contribution in [3.05, 3.63) is 70.9 Å². The topological polar surface area (TPSA) is 55.1 Å². The Balaban J connectivity index is 2.26. The predicted molar refractivity (Wildman–Crippen MR) is 90.1 cm³/mol. The van der Waals surface area contributed by atoms with Gasteiger partial charge in [-0.15, -0.1) is 0 Å². The highest BCUT2D eigenvalue weighted by Crippen LogP contribution is 2.30. The number of nitrogens with zero attached hydrogens (tertiary/aromatic N) is 2. The van der Waals surface area contributed by atoms with Gasteiger partial charge in [0.05, 0.1) is 23.5 Å². The smallest absolute Gasteiger partial charge is 0.307 e. The van der Waals surface area contributed by atoms with E-state index in [4.69, 9.17) is 11.6 Å². The summed E-state index contributed by atoms with van der Waals surface area (Å²) in [5, 5.41) is 14.4. The van der Waals surface area contributed by atoms with Gasteiger partial charge in [-0.2, -0.15) is 5.10 Å². The molecule has 3 rings (SSSR count). The van der Waals surface area contributed by atoms with Crippen LogP contribution in [0.2, 0.25) is 5.02 Å². The number of aliphatic carboxylic acids is 1. The van der Waals surface area contributed by atoms with E-state index >= 15 is 0 Å². The molecule has 0 aliphatic carbocycles. The number of rotatable bonds is 4. The summed E-state index contributed by atoms with van der Waals surface area (Å²) < 4.78 is 1.76. The summed E-state index contributed by atoms with van der Waals surface area (Å²) in [4.78, 5) is 11.2. The van der Waals surface area contributed by atoms with Crippen molar-refractivity contribution in [3.8, 4) is 16.9 Å². The molecule has 0 bridgehead atoms. The molecular formula is C18H15ClN2O2. The van der Waals surface area contributed by atoms with Gasteiger partial charge in [0.1, 0.15) is 0 Å². The van der Waals surface area contributed by atoms with Gasteiger partial charge in [0.25, 0.3) is 0 Å². The quantitative estimate of drug-likeness (QED) is 0.784. The third kappa shape index (κ3) is 3.12. The second-order valence-electron chi connectivity index (χ2n) is 5.24. The van der Waals surface area contributed by atoms with Crippen molar-refractivity contribution >= 4 is 17.6 Å². The lowest BCUT2D eigenvalue weighted by Gasteiger charge is -2.10. The lowest BCUT2D eigenvalue weighted by Crippen LogP contribution is -2.04. The number of carboxylic acid groups (broad SMARTS) is 1. The highest BCUT2D eigenvalue weighted by atomic mass is 35.5. The lowest BCUT2D eigenvalue weighted by molar-refractivity contribution is -0.136. The van der Waals surface area contributed by atoms with Gasteiger partial charge in [0.2, 0.25) is 0 Å². The number of benzene rings is 2. The first-order valence-corrected chi connectivity index (χ1v) is 7.55. The van der Waals surface area contributed by atoms with E-state index in [1.807, 2.05) is 55.5 Å². The molecule has 1 heterocycles. The third-order valence-electron chi connectivity index (χ3n) is 3.61. The van der Waals surface area contributed by atoms with Crippen LogP contribution in [-0.4, -0.2) is 20.9 Å². The van der Waals surface area contributed by atoms with Gasteiger partial charge in [0.15, 0.2) is 0 Å². The first-order chi connectivity index (χ1) is 11.1.